The van der Waals surface area contributed by atoms with Crippen LogP contribution in [0.5, 0.6) is 17.2 Å². The second-order valence-corrected chi connectivity index (χ2v) is 6.62. The summed E-state index contributed by atoms with van der Waals surface area (Å²) < 4.78 is 16.0. The van der Waals surface area contributed by atoms with Crippen molar-refractivity contribution < 1.29 is 19.0 Å². The molecule has 1 saturated heterocycles. The first kappa shape index (κ1) is 19.2. The number of halogens is 1. The molecule has 0 saturated carbocycles. The minimum atomic E-state index is -0.188. The van der Waals surface area contributed by atoms with Crippen LogP contribution in [0, 0.1) is 0 Å². The van der Waals surface area contributed by atoms with Crippen LogP contribution < -0.4 is 19.5 Å². The molecule has 1 aliphatic rings. The largest absolute Gasteiger partial charge is 0.493 e. The van der Waals surface area contributed by atoms with Crippen LogP contribution in [0.4, 0.5) is 10.5 Å². The van der Waals surface area contributed by atoms with Gasteiger partial charge in [0.05, 0.1) is 33.1 Å². The van der Waals surface area contributed by atoms with E-state index < -0.39 is 0 Å². The summed E-state index contributed by atoms with van der Waals surface area (Å²) in [5.74, 6) is 1.44. The lowest BCUT2D eigenvalue weighted by Gasteiger charge is -2.26. The fourth-order valence-electron chi connectivity index (χ4n) is 3.43. The Morgan fingerprint density at radius 1 is 1.11 bits per heavy atom. The van der Waals surface area contributed by atoms with Crippen LogP contribution in [0.3, 0.4) is 0 Å². The average Bonchev–Trinajstić information content (AvgIpc) is 3.17. The number of anilines is 1. The number of rotatable bonds is 5. The first-order chi connectivity index (χ1) is 13.1. The second kappa shape index (κ2) is 8.39. The van der Waals surface area contributed by atoms with Crippen molar-refractivity contribution in [3.63, 3.8) is 0 Å². The highest BCUT2D eigenvalue weighted by Crippen LogP contribution is 2.41. The summed E-state index contributed by atoms with van der Waals surface area (Å²) in [7, 11) is 4.62. The van der Waals surface area contributed by atoms with Gasteiger partial charge in [-0.1, -0.05) is 29.8 Å². The standard InChI is InChI=1S/C20H23ClN2O4/c1-25-17-11-13(12-18(26-2)19(17)27-3)22-20(24)23-10-6-9-16(23)14-7-4-5-8-15(14)21/h4-5,7-8,11-12,16H,6,9-10H2,1-3H3,(H,22,24). The topological polar surface area (TPSA) is 60.0 Å². The minimum absolute atomic E-state index is 0.0410. The molecule has 1 fully saturated rings. The summed E-state index contributed by atoms with van der Waals surface area (Å²) in [6.45, 7) is 0.673. The molecule has 144 valence electrons. The smallest absolute Gasteiger partial charge is 0.322 e. The van der Waals surface area contributed by atoms with Gasteiger partial charge in [-0.3, -0.25) is 0 Å². The van der Waals surface area contributed by atoms with Crippen LogP contribution in [0.2, 0.25) is 5.02 Å². The highest BCUT2D eigenvalue weighted by molar-refractivity contribution is 6.31. The Labute approximate surface area is 164 Å². The van der Waals surface area contributed by atoms with Gasteiger partial charge >= 0.3 is 6.03 Å². The van der Waals surface area contributed by atoms with Crippen LogP contribution in [0.1, 0.15) is 24.4 Å². The van der Waals surface area contributed by atoms with E-state index in [0.717, 1.165) is 18.4 Å². The van der Waals surface area contributed by atoms with Gasteiger partial charge in [0, 0.05) is 23.7 Å². The molecule has 1 atom stereocenters. The maximum absolute atomic E-state index is 12.9. The van der Waals surface area contributed by atoms with Gasteiger partial charge in [0.1, 0.15) is 0 Å². The summed E-state index contributed by atoms with van der Waals surface area (Å²) in [5.41, 5.74) is 1.54. The van der Waals surface area contributed by atoms with Crippen molar-refractivity contribution in [2.75, 3.05) is 33.2 Å². The lowest BCUT2D eigenvalue weighted by molar-refractivity contribution is 0.207. The molecule has 6 nitrogen and oxygen atoms in total. The number of urea groups is 1. The maximum Gasteiger partial charge on any atom is 0.322 e. The molecule has 0 spiro atoms. The quantitative estimate of drug-likeness (QED) is 0.801. The number of hydrogen-bond donors (Lipinski definition) is 1. The van der Waals surface area contributed by atoms with Gasteiger partial charge in [0.25, 0.3) is 0 Å². The molecule has 1 heterocycles. The maximum atomic E-state index is 12.9. The molecule has 1 aliphatic heterocycles. The molecule has 3 rings (SSSR count). The third kappa shape index (κ3) is 3.90. The number of benzene rings is 2. The summed E-state index contributed by atoms with van der Waals surface area (Å²) in [6.07, 6.45) is 1.81. The van der Waals surface area contributed by atoms with Crippen LogP contribution in [-0.2, 0) is 0 Å². The molecule has 1 N–H and O–H groups in total. The number of nitrogens with one attached hydrogen (secondary N) is 1. The van der Waals surface area contributed by atoms with E-state index in [1.54, 1.807) is 12.1 Å². The lowest BCUT2D eigenvalue weighted by Crippen LogP contribution is -2.34. The van der Waals surface area contributed by atoms with Gasteiger partial charge in [0.2, 0.25) is 5.75 Å². The van der Waals surface area contributed by atoms with E-state index in [2.05, 4.69) is 5.32 Å². The Bertz CT molecular complexity index is 802. The number of carbonyl (C=O) groups is 1. The van der Waals surface area contributed by atoms with E-state index in [-0.39, 0.29) is 12.1 Å². The molecule has 2 aromatic carbocycles. The fraction of sp³-hybridized carbons (Fsp3) is 0.350. The fourth-order valence-corrected chi connectivity index (χ4v) is 3.69. The van der Waals surface area contributed by atoms with Crippen LogP contribution in [0.15, 0.2) is 36.4 Å². The first-order valence-electron chi connectivity index (χ1n) is 8.71. The van der Waals surface area contributed by atoms with Crippen molar-refractivity contribution in [2.24, 2.45) is 0 Å². The molecule has 2 aromatic rings. The Hall–Kier alpha value is -2.60. The molecule has 2 amide bonds. The SMILES string of the molecule is COc1cc(NC(=O)N2CCCC2c2ccccc2Cl)cc(OC)c1OC. The Morgan fingerprint density at radius 2 is 1.78 bits per heavy atom. The van der Waals surface area contributed by atoms with Gasteiger partial charge in [-0.2, -0.15) is 0 Å². The van der Waals surface area contributed by atoms with Crippen molar-refractivity contribution in [1.29, 1.82) is 0 Å². The predicted molar refractivity (Wildman–Crippen MR) is 105 cm³/mol. The summed E-state index contributed by atoms with van der Waals surface area (Å²) in [6, 6.07) is 10.8. The molecule has 0 aromatic heterocycles. The predicted octanol–water partition coefficient (Wildman–Crippen LogP) is 4.73. The van der Waals surface area contributed by atoms with Crippen molar-refractivity contribution in [3.8, 4) is 17.2 Å². The zero-order valence-corrected chi connectivity index (χ0v) is 16.4. The number of ether oxygens (including phenoxy) is 3. The van der Waals surface area contributed by atoms with Gasteiger partial charge in [-0.05, 0) is 24.5 Å². The second-order valence-electron chi connectivity index (χ2n) is 6.22. The molecule has 1 unspecified atom stereocenters. The zero-order valence-electron chi connectivity index (χ0n) is 15.6. The van der Waals surface area contributed by atoms with Crippen molar-refractivity contribution in [1.82, 2.24) is 4.90 Å². The minimum Gasteiger partial charge on any atom is -0.493 e. The third-order valence-corrected chi connectivity index (χ3v) is 5.04. The monoisotopic (exact) mass is 390 g/mol. The Morgan fingerprint density at radius 3 is 2.37 bits per heavy atom. The van der Waals surface area contributed by atoms with Gasteiger partial charge in [-0.25, -0.2) is 4.79 Å². The van der Waals surface area contributed by atoms with Gasteiger partial charge in [-0.15, -0.1) is 0 Å². The Kier molecular flexibility index (Phi) is 5.96. The Balaban J connectivity index is 1.83. The van der Waals surface area contributed by atoms with E-state index in [1.165, 1.54) is 21.3 Å². The molecule has 0 aliphatic carbocycles. The number of nitrogens with zero attached hydrogens (tertiary/aromatic N) is 1. The van der Waals surface area contributed by atoms with E-state index in [1.807, 2.05) is 29.2 Å². The number of likely N-dealkylation sites (tertiary alicyclic amines) is 1. The van der Waals surface area contributed by atoms with Crippen LogP contribution in [0.25, 0.3) is 0 Å². The highest BCUT2D eigenvalue weighted by Gasteiger charge is 2.31. The molecule has 0 radical (unpaired) electrons. The van der Waals surface area contributed by atoms with Gasteiger partial charge in [0.15, 0.2) is 11.5 Å². The number of carbonyl (C=O) groups excluding carboxylic acids is 1. The van der Waals surface area contributed by atoms with Gasteiger partial charge < -0.3 is 24.4 Å². The first-order valence-corrected chi connectivity index (χ1v) is 9.09. The molecular formula is C20H23ClN2O4. The van der Waals surface area contributed by atoms with E-state index >= 15 is 0 Å². The molecule has 27 heavy (non-hydrogen) atoms. The summed E-state index contributed by atoms with van der Waals surface area (Å²) >= 11 is 6.34. The third-order valence-electron chi connectivity index (χ3n) is 4.69. The van der Waals surface area contributed by atoms with E-state index in [9.17, 15) is 4.79 Å². The van der Waals surface area contributed by atoms with E-state index in [4.69, 9.17) is 25.8 Å². The highest BCUT2D eigenvalue weighted by atomic mass is 35.5. The van der Waals surface area contributed by atoms with Crippen LogP contribution >= 0.6 is 11.6 Å². The molecular weight excluding hydrogens is 368 g/mol. The number of hydrogen-bond acceptors (Lipinski definition) is 4. The molecule has 7 heteroatoms. The summed E-state index contributed by atoms with van der Waals surface area (Å²) in [5, 5.41) is 3.61. The zero-order chi connectivity index (χ0) is 19.4. The van der Waals surface area contributed by atoms with E-state index in [0.29, 0.717) is 34.5 Å². The van der Waals surface area contributed by atoms with Crippen molar-refractivity contribution in [3.05, 3.63) is 47.0 Å². The van der Waals surface area contributed by atoms with Crippen LogP contribution in [-0.4, -0.2) is 38.8 Å². The molecule has 0 bridgehead atoms. The van der Waals surface area contributed by atoms with Crippen molar-refractivity contribution >= 4 is 23.3 Å². The van der Waals surface area contributed by atoms with Crippen molar-refractivity contribution in [2.45, 2.75) is 18.9 Å². The average molecular weight is 391 g/mol. The number of amides is 2. The normalized spacial score (nSPS) is 16.1. The summed E-state index contributed by atoms with van der Waals surface area (Å²) in [4.78, 5) is 14.7. The lowest BCUT2D eigenvalue weighted by atomic mass is 10.0. The number of methoxy groups -OCH3 is 3.